The number of nitrogens with two attached hydrogens (primary N) is 2. The van der Waals surface area contributed by atoms with E-state index in [1.165, 1.54) is 6.39 Å². The largest absolute Gasteiger partial charge is 0.443 e. The summed E-state index contributed by atoms with van der Waals surface area (Å²) in [7, 11) is 0. The van der Waals surface area contributed by atoms with E-state index in [1.54, 1.807) is 0 Å². The SMILES string of the molecule is NN.c1ccc2ocnc2c1. The molecule has 0 aliphatic carbocycles. The fourth-order valence-corrected chi connectivity index (χ4v) is 0.803. The van der Waals surface area contributed by atoms with Crippen molar-refractivity contribution in [1.29, 1.82) is 0 Å². The third-order valence-electron chi connectivity index (χ3n) is 1.24. The second-order valence-corrected chi connectivity index (χ2v) is 1.82. The first-order chi connectivity index (χ1) is 5.47. The lowest BCUT2D eigenvalue weighted by molar-refractivity contribution is 0.602. The number of aromatic nitrogens is 1. The van der Waals surface area contributed by atoms with Gasteiger partial charge >= 0.3 is 0 Å². The Balaban J connectivity index is 0.000000281. The maximum atomic E-state index is 5.01. The van der Waals surface area contributed by atoms with Crippen LogP contribution in [0.3, 0.4) is 0 Å². The van der Waals surface area contributed by atoms with E-state index in [4.69, 9.17) is 4.42 Å². The van der Waals surface area contributed by atoms with Crippen LogP contribution in [-0.4, -0.2) is 4.98 Å². The zero-order valence-electron chi connectivity index (χ0n) is 5.90. The summed E-state index contributed by atoms with van der Waals surface area (Å²) < 4.78 is 5.01. The molecule has 0 unspecified atom stereocenters. The molecule has 0 saturated carbocycles. The fraction of sp³-hybridized carbons (Fsp3) is 0. The van der Waals surface area contributed by atoms with Crippen molar-refractivity contribution in [2.24, 2.45) is 11.7 Å². The average Bonchev–Trinajstić information content (AvgIpc) is 2.55. The lowest BCUT2D eigenvalue weighted by atomic mass is 10.3. The van der Waals surface area contributed by atoms with Gasteiger partial charge in [-0.2, -0.15) is 0 Å². The van der Waals surface area contributed by atoms with Crippen LogP contribution in [-0.2, 0) is 0 Å². The molecule has 1 aromatic heterocycles. The highest BCUT2D eigenvalue weighted by atomic mass is 16.3. The van der Waals surface area contributed by atoms with Crippen LogP contribution in [0.1, 0.15) is 0 Å². The van der Waals surface area contributed by atoms with Crippen LogP contribution >= 0.6 is 0 Å². The van der Waals surface area contributed by atoms with E-state index in [1.807, 2.05) is 24.3 Å². The van der Waals surface area contributed by atoms with Gasteiger partial charge in [-0.25, -0.2) is 4.98 Å². The summed E-state index contributed by atoms with van der Waals surface area (Å²) in [5, 5.41) is 0. The summed E-state index contributed by atoms with van der Waals surface area (Å²) in [5.74, 6) is 8.00. The zero-order chi connectivity index (χ0) is 8.10. The van der Waals surface area contributed by atoms with E-state index in [-0.39, 0.29) is 0 Å². The summed E-state index contributed by atoms with van der Waals surface area (Å²) in [5.41, 5.74) is 1.76. The van der Waals surface area contributed by atoms with E-state index >= 15 is 0 Å². The number of fused-ring (bicyclic) bond motifs is 1. The highest BCUT2D eigenvalue weighted by Crippen LogP contribution is 2.09. The van der Waals surface area contributed by atoms with Crippen LogP contribution < -0.4 is 11.7 Å². The van der Waals surface area contributed by atoms with Crippen LogP contribution in [0, 0.1) is 0 Å². The van der Waals surface area contributed by atoms with Crippen LogP contribution in [0.2, 0.25) is 0 Å². The number of hydrogen-bond donors (Lipinski definition) is 2. The van der Waals surface area contributed by atoms with Gasteiger partial charge in [0.05, 0.1) is 0 Å². The number of hydrazine groups is 1. The Labute approximate surface area is 63.8 Å². The van der Waals surface area contributed by atoms with Crippen LogP contribution in [0.5, 0.6) is 0 Å². The monoisotopic (exact) mass is 151 g/mol. The predicted octanol–water partition coefficient (Wildman–Crippen LogP) is 0.647. The molecule has 4 nitrogen and oxygen atoms in total. The van der Waals surface area contributed by atoms with Gasteiger partial charge in [-0.1, -0.05) is 12.1 Å². The number of benzene rings is 1. The molecule has 0 fully saturated rings. The van der Waals surface area contributed by atoms with Gasteiger partial charge in [-0.3, -0.25) is 11.7 Å². The van der Waals surface area contributed by atoms with Crippen molar-refractivity contribution in [1.82, 2.24) is 4.98 Å². The molecule has 2 rings (SSSR count). The van der Waals surface area contributed by atoms with Crippen molar-refractivity contribution < 1.29 is 4.42 Å². The lowest BCUT2D eigenvalue weighted by Gasteiger charge is -1.79. The Morgan fingerprint density at radius 2 is 1.91 bits per heavy atom. The minimum absolute atomic E-state index is 0.845. The van der Waals surface area contributed by atoms with E-state index in [0.29, 0.717) is 0 Å². The first-order valence-corrected chi connectivity index (χ1v) is 3.08. The lowest BCUT2D eigenvalue weighted by Crippen LogP contribution is -2.02. The molecule has 1 aromatic carbocycles. The van der Waals surface area contributed by atoms with Crippen LogP contribution in [0.25, 0.3) is 11.1 Å². The molecule has 4 heteroatoms. The summed E-state index contributed by atoms with van der Waals surface area (Å²) in [4.78, 5) is 3.95. The molecule has 1 heterocycles. The van der Waals surface area contributed by atoms with Crippen molar-refractivity contribution in [3.8, 4) is 0 Å². The molecular formula is C7H9N3O. The van der Waals surface area contributed by atoms with Gasteiger partial charge in [-0.15, -0.1) is 0 Å². The quantitative estimate of drug-likeness (QED) is 0.428. The first kappa shape index (κ1) is 7.71. The molecule has 0 spiro atoms. The molecule has 0 atom stereocenters. The third kappa shape index (κ3) is 1.54. The predicted molar refractivity (Wildman–Crippen MR) is 42.4 cm³/mol. The molecule has 0 bridgehead atoms. The van der Waals surface area contributed by atoms with E-state index in [9.17, 15) is 0 Å². The maximum Gasteiger partial charge on any atom is 0.181 e. The van der Waals surface area contributed by atoms with E-state index in [0.717, 1.165) is 11.1 Å². The summed E-state index contributed by atoms with van der Waals surface area (Å²) in [6.45, 7) is 0. The standard InChI is InChI=1S/C7H5NO.H4N2/c1-2-4-7-6(3-1)8-5-9-7;1-2/h1-5H;1-2H2. The molecule has 0 radical (unpaired) electrons. The van der Waals surface area contributed by atoms with Gasteiger partial charge in [-0.05, 0) is 12.1 Å². The smallest absolute Gasteiger partial charge is 0.181 e. The van der Waals surface area contributed by atoms with Gasteiger partial charge in [0.25, 0.3) is 0 Å². The van der Waals surface area contributed by atoms with Gasteiger partial charge in [0, 0.05) is 0 Å². The van der Waals surface area contributed by atoms with E-state index in [2.05, 4.69) is 16.7 Å². The van der Waals surface area contributed by atoms with Gasteiger partial charge in [0.15, 0.2) is 12.0 Å². The van der Waals surface area contributed by atoms with Gasteiger partial charge < -0.3 is 4.42 Å². The molecule has 4 N–H and O–H groups in total. The second-order valence-electron chi connectivity index (χ2n) is 1.82. The number of para-hydroxylation sites is 2. The minimum Gasteiger partial charge on any atom is -0.443 e. The topological polar surface area (TPSA) is 78.1 Å². The van der Waals surface area contributed by atoms with Crippen molar-refractivity contribution in [2.45, 2.75) is 0 Å². The number of rotatable bonds is 0. The normalized spacial score (nSPS) is 8.91. The molecule has 58 valence electrons. The highest BCUT2D eigenvalue weighted by molar-refractivity contribution is 5.71. The maximum absolute atomic E-state index is 5.01. The Kier molecular flexibility index (Phi) is 2.59. The molecule has 0 aliphatic heterocycles. The Bertz CT molecular complexity index is 288. The Morgan fingerprint density at radius 1 is 1.18 bits per heavy atom. The van der Waals surface area contributed by atoms with Gasteiger partial charge in [0.2, 0.25) is 0 Å². The molecule has 11 heavy (non-hydrogen) atoms. The molecule has 0 saturated heterocycles. The second kappa shape index (κ2) is 3.70. The Morgan fingerprint density at radius 3 is 2.64 bits per heavy atom. The fourth-order valence-electron chi connectivity index (χ4n) is 0.803. The summed E-state index contributed by atoms with van der Waals surface area (Å²) >= 11 is 0. The molecule has 2 aromatic rings. The third-order valence-corrected chi connectivity index (χ3v) is 1.24. The van der Waals surface area contributed by atoms with Crippen LogP contribution in [0.4, 0.5) is 0 Å². The average molecular weight is 151 g/mol. The number of oxazole rings is 1. The van der Waals surface area contributed by atoms with Gasteiger partial charge in [0.1, 0.15) is 5.52 Å². The molecular weight excluding hydrogens is 142 g/mol. The summed E-state index contributed by atoms with van der Waals surface area (Å²) in [6, 6.07) is 7.67. The highest BCUT2D eigenvalue weighted by Gasteiger charge is 1.91. The van der Waals surface area contributed by atoms with Crippen molar-refractivity contribution >= 4 is 11.1 Å². The van der Waals surface area contributed by atoms with Crippen molar-refractivity contribution in [3.63, 3.8) is 0 Å². The number of hydrogen-bond acceptors (Lipinski definition) is 4. The molecule has 0 amide bonds. The van der Waals surface area contributed by atoms with Crippen molar-refractivity contribution in [2.75, 3.05) is 0 Å². The molecule has 0 aliphatic rings. The first-order valence-electron chi connectivity index (χ1n) is 3.08. The van der Waals surface area contributed by atoms with Crippen molar-refractivity contribution in [3.05, 3.63) is 30.7 Å². The zero-order valence-corrected chi connectivity index (χ0v) is 5.90. The van der Waals surface area contributed by atoms with E-state index < -0.39 is 0 Å². The minimum atomic E-state index is 0.845. The summed E-state index contributed by atoms with van der Waals surface area (Å²) in [6.07, 6.45) is 1.45. The Hall–Kier alpha value is -1.39. The number of nitrogens with zero attached hydrogens (tertiary/aromatic N) is 1. The van der Waals surface area contributed by atoms with Crippen LogP contribution in [0.15, 0.2) is 35.1 Å².